The minimum absolute atomic E-state index is 0.0904. The van der Waals surface area contributed by atoms with Gasteiger partial charge in [-0.15, -0.1) is 0 Å². The number of amides is 3. The molecule has 1 aromatic rings. The third-order valence-electron chi connectivity index (χ3n) is 2.97. The number of rotatable bonds is 5. The molecule has 0 aliphatic carbocycles. The molecule has 24 heavy (non-hydrogen) atoms. The predicted octanol–water partition coefficient (Wildman–Crippen LogP) is 2.01. The van der Waals surface area contributed by atoms with Gasteiger partial charge in [-0.25, -0.2) is 4.79 Å². The van der Waals surface area contributed by atoms with Crippen LogP contribution >= 0.6 is 0 Å². The normalized spacial score (nSPS) is 12.6. The van der Waals surface area contributed by atoms with Crippen LogP contribution in [0.5, 0.6) is 0 Å². The van der Waals surface area contributed by atoms with Crippen molar-refractivity contribution in [2.75, 3.05) is 0 Å². The van der Waals surface area contributed by atoms with Crippen molar-refractivity contribution in [3.05, 3.63) is 35.4 Å². The van der Waals surface area contributed by atoms with Crippen LogP contribution in [0, 0.1) is 5.92 Å². The van der Waals surface area contributed by atoms with E-state index in [4.69, 9.17) is 10.5 Å². The number of urea groups is 1. The molecule has 0 saturated carbocycles. The van der Waals surface area contributed by atoms with E-state index in [1.165, 1.54) is 12.1 Å². The lowest BCUT2D eigenvalue weighted by Gasteiger charge is -2.20. The number of nitrogens with two attached hydrogens (primary N) is 1. The van der Waals surface area contributed by atoms with Crippen LogP contribution in [0.3, 0.4) is 0 Å². The number of carbonyl (C=O) groups excluding carboxylic acids is 3. The summed E-state index contributed by atoms with van der Waals surface area (Å²) in [7, 11) is 0. The summed E-state index contributed by atoms with van der Waals surface area (Å²) in [5, 5.41) is 1.80. The minimum Gasteiger partial charge on any atom is -0.452 e. The highest BCUT2D eigenvalue weighted by Crippen LogP contribution is 2.29. The van der Waals surface area contributed by atoms with Crippen molar-refractivity contribution in [1.29, 1.82) is 0 Å². The molecule has 9 heteroatoms. The number of carbonyl (C=O) groups is 3. The van der Waals surface area contributed by atoms with Crippen LogP contribution < -0.4 is 11.1 Å². The molecule has 0 bridgehead atoms. The first-order valence-electron chi connectivity index (χ1n) is 6.96. The maximum atomic E-state index is 12.6. The molecule has 0 spiro atoms. The monoisotopic (exact) mass is 346 g/mol. The molecule has 1 aromatic carbocycles. The Bertz CT molecular complexity index is 629. The lowest BCUT2D eigenvalue weighted by Crippen LogP contribution is -2.45. The van der Waals surface area contributed by atoms with Gasteiger partial charge in [0.05, 0.1) is 12.0 Å². The van der Waals surface area contributed by atoms with Crippen molar-refractivity contribution in [2.24, 2.45) is 11.7 Å². The van der Waals surface area contributed by atoms with Crippen LogP contribution in [0.4, 0.5) is 18.0 Å². The van der Waals surface area contributed by atoms with E-state index in [0.717, 1.165) is 12.1 Å². The van der Waals surface area contributed by atoms with Gasteiger partial charge < -0.3 is 10.5 Å². The molecule has 0 fully saturated rings. The number of primary amides is 1. The standard InChI is InChI=1S/C15H17F3N2O4/c1-8(2)12(13(22)20-14(19)23)24-11(21)7-9-4-3-5-10(6-9)15(16,17)18/h3-6,8,12H,7H2,1-2H3,(H3,19,20,22,23)/t12-/m0/s1. The number of esters is 1. The minimum atomic E-state index is -4.53. The molecule has 0 heterocycles. The van der Waals surface area contributed by atoms with Crippen LogP contribution in [0.1, 0.15) is 25.0 Å². The van der Waals surface area contributed by atoms with E-state index >= 15 is 0 Å². The van der Waals surface area contributed by atoms with E-state index in [9.17, 15) is 27.6 Å². The molecule has 1 rings (SSSR count). The molecule has 0 radical (unpaired) electrons. The highest BCUT2D eigenvalue weighted by molar-refractivity contribution is 5.96. The first-order valence-corrected chi connectivity index (χ1v) is 6.96. The number of hydrogen-bond acceptors (Lipinski definition) is 4. The van der Waals surface area contributed by atoms with Gasteiger partial charge in [0.1, 0.15) is 0 Å². The molecule has 132 valence electrons. The fourth-order valence-corrected chi connectivity index (χ4v) is 1.89. The summed E-state index contributed by atoms with van der Waals surface area (Å²) in [5.74, 6) is -2.25. The fraction of sp³-hybridized carbons (Fsp3) is 0.400. The summed E-state index contributed by atoms with van der Waals surface area (Å²) >= 11 is 0. The lowest BCUT2D eigenvalue weighted by molar-refractivity contribution is -0.157. The quantitative estimate of drug-likeness (QED) is 0.797. The fourth-order valence-electron chi connectivity index (χ4n) is 1.89. The molecule has 1 atom stereocenters. The molecule has 3 amide bonds. The van der Waals surface area contributed by atoms with E-state index in [0.29, 0.717) is 0 Å². The van der Waals surface area contributed by atoms with Crippen LogP contribution in [-0.4, -0.2) is 24.0 Å². The molecule has 0 saturated heterocycles. The third kappa shape index (κ3) is 5.90. The molecular formula is C15H17F3N2O4. The molecule has 0 aliphatic heterocycles. The van der Waals surface area contributed by atoms with Gasteiger partial charge in [-0.2, -0.15) is 13.2 Å². The molecule has 0 aromatic heterocycles. The highest BCUT2D eigenvalue weighted by atomic mass is 19.4. The summed E-state index contributed by atoms with van der Waals surface area (Å²) in [5.41, 5.74) is 4.03. The van der Waals surface area contributed by atoms with Crippen molar-refractivity contribution in [3.63, 3.8) is 0 Å². The number of nitrogens with one attached hydrogen (secondary N) is 1. The number of ether oxygens (including phenoxy) is 1. The van der Waals surface area contributed by atoms with E-state index in [1.807, 2.05) is 0 Å². The largest absolute Gasteiger partial charge is 0.452 e. The van der Waals surface area contributed by atoms with Crippen molar-refractivity contribution in [1.82, 2.24) is 5.32 Å². The third-order valence-corrected chi connectivity index (χ3v) is 2.97. The molecular weight excluding hydrogens is 329 g/mol. The topological polar surface area (TPSA) is 98.5 Å². The van der Waals surface area contributed by atoms with E-state index in [2.05, 4.69) is 0 Å². The van der Waals surface area contributed by atoms with Gasteiger partial charge in [0.15, 0.2) is 6.10 Å². The number of imide groups is 1. The van der Waals surface area contributed by atoms with Crippen molar-refractivity contribution < 1.29 is 32.3 Å². The Hall–Kier alpha value is -2.58. The predicted molar refractivity (Wildman–Crippen MR) is 77.6 cm³/mol. The van der Waals surface area contributed by atoms with Crippen LogP contribution in [0.25, 0.3) is 0 Å². The first kappa shape index (κ1) is 19.5. The van der Waals surface area contributed by atoms with Gasteiger partial charge in [0, 0.05) is 0 Å². The van der Waals surface area contributed by atoms with Gasteiger partial charge in [0.25, 0.3) is 5.91 Å². The van der Waals surface area contributed by atoms with Crippen molar-refractivity contribution in [3.8, 4) is 0 Å². The molecule has 0 aliphatic rings. The summed E-state index contributed by atoms with van der Waals surface area (Å²) in [4.78, 5) is 34.3. The molecule has 6 nitrogen and oxygen atoms in total. The summed E-state index contributed by atoms with van der Waals surface area (Å²) in [6, 6.07) is 3.12. The highest BCUT2D eigenvalue weighted by Gasteiger charge is 2.31. The zero-order valence-electron chi connectivity index (χ0n) is 13.0. The molecule has 0 unspecified atom stereocenters. The van der Waals surface area contributed by atoms with E-state index in [1.54, 1.807) is 19.2 Å². The summed E-state index contributed by atoms with van der Waals surface area (Å²) < 4.78 is 42.9. The van der Waals surface area contributed by atoms with Crippen LogP contribution in [0.2, 0.25) is 0 Å². The number of halogens is 3. The zero-order chi connectivity index (χ0) is 18.5. The number of benzene rings is 1. The number of hydrogen-bond donors (Lipinski definition) is 2. The van der Waals surface area contributed by atoms with Gasteiger partial charge in [0.2, 0.25) is 0 Å². The second kappa shape index (κ2) is 7.80. The summed E-state index contributed by atoms with van der Waals surface area (Å²) in [6.45, 7) is 3.14. The lowest BCUT2D eigenvalue weighted by atomic mass is 10.1. The average molecular weight is 346 g/mol. The Morgan fingerprint density at radius 1 is 1.25 bits per heavy atom. The van der Waals surface area contributed by atoms with E-state index < -0.39 is 48.1 Å². The van der Waals surface area contributed by atoms with Gasteiger partial charge in [-0.05, 0) is 17.5 Å². The molecule has 3 N–H and O–H groups in total. The van der Waals surface area contributed by atoms with Crippen molar-refractivity contribution >= 4 is 17.9 Å². The Balaban J connectivity index is 2.80. The van der Waals surface area contributed by atoms with Gasteiger partial charge >= 0.3 is 18.2 Å². The van der Waals surface area contributed by atoms with Crippen molar-refractivity contribution in [2.45, 2.75) is 32.5 Å². The Morgan fingerprint density at radius 2 is 1.88 bits per heavy atom. The van der Waals surface area contributed by atoms with Crippen LogP contribution in [-0.2, 0) is 26.9 Å². The Kier molecular flexibility index (Phi) is 6.33. The Labute approximate surface area is 136 Å². The second-order valence-electron chi connectivity index (χ2n) is 5.38. The van der Waals surface area contributed by atoms with Crippen LogP contribution in [0.15, 0.2) is 24.3 Å². The summed E-state index contributed by atoms with van der Waals surface area (Å²) in [6.07, 6.45) is -6.26. The Morgan fingerprint density at radius 3 is 2.38 bits per heavy atom. The van der Waals surface area contributed by atoms with Gasteiger partial charge in [-0.1, -0.05) is 32.0 Å². The van der Waals surface area contributed by atoms with Gasteiger partial charge in [-0.3, -0.25) is 14.9 Å². The first-order chi connectivity index (χ1) is 11.0. The smallest absolute Gasteiger partial charge is 0.416 e. The average Bonchev–Trinajstić information content (AvgIpc) is 2.43. The number of alkyl halides is 3. The van der Waals surface area contributed by atoms with E-state index in [-0.39, 0.29) is 5.56 Å². The second-order valence-corrected chi connectivity index (χ2v) is 5.38. The SMILES string of the molecule is CC(C)[C@H](OC(=O)Cc1cccc(C(F)(F)F)c1)C(=O)NC(N)=O. The maximum Gasteiger partial charge on any atom is 0.416 e. The zero-order valence-corrected chi connectivity index (χ0v) is 13.0. The maximum absolute atomic E-state index is 12.6.